The van der Waals surface area contributed by atoms with Gasteiger partial charge in [-0.25, -0.2) is 4.79 Å². The molecular formula is C15H15N3O2. The number of carboxylic acids is 1. The summed E-state index contributed by atoms with van der Waals surface area (Å²) in [5, 5.41) is 17.4. The Morgan fingerprint density at radius 1 is 1.05 bits per heavy atom. The van der Waals surface area contributed by atoms with E-state index in [9.17, 15) is 4.79 Å². The third-order valence-corrected chi connectivity index (χ3v) is 2.73. The Morgan fingerprint density at radius 2 is 1.75 bits per heavy atom. The number of azo groups is 1. The van der Waals surface area contributed by atoms with Gasteiger partial charge in [0.15, 0.2) is 0 Å². The maximum atomic E-state index is 11.0. The Hall–Kier alpha value is -2.69. The van der Waals surface area contributed by atoms with E-state index in [-0.39, 0.29) is 5.56 Å². The molecule has 2 rings (SSSR count). The largest absolute Gasteiger partial charge is 0.478 e. The van der Waals surface area contributed by atoms with Gasteiger partial charge in [0.05, 0.1) is 16.9 Å². The maximum absolute atomic E-state index is 11.0. The highest BCUT2D eigenvalue weighted by Crippen LogP contribution is 2.30. The minimum atomic E-state index is -0.959. The summed E-state index contributed by atoms with van der Waals surface area (Å²) < 4.78 is 0. The molecule has 0 radical (unpaired) electrons. The first kappa shape index (κ1) is 13.7. The van der Waals surface area contributed by atoms with Crippen LogP contribution < -0.4 is 4.90 Å². The van der Waals surface area contributed by atoms with Crippen LogP contribution >= 0.6 is 0 Å². The third kappa shape index (κ3) is 3.20. The van der Waals surface area contributed by atoms with Crippen molar-refractivity contribution >= 4 is 23.0 Å². The summed E-state index contributed by atoms with van der Waals surface area (Å²) in [6.45, 7) is 0. The van der Waals surface area contributed by atoms with Crippen molar-refractivity contribution < 1.29 is 9.90 Å². The fourth-order valence-corrected chi connectivity index (χ4v) is 1.71. The smallest absolute Gasteiger partial charge is 0.335 e. The number of carboxylic acid groups (broad SMARTS) is 1. The molecule has 1 N–H and O–H groups in total. The summed E-state index contributed by atoms with van der Waals surface area (Å²) >= 11 is 0. The van der Waals surface area contributed by atoms with Gasteiger partial charge in [-0.1, -0.05) is 18.2 Å². The van der Waals surface area contributed by atoms with Crippen molar-refractivity contribution in [3.05, 3.63) is 54.1 Å². The Morgan fingerprint density at radius 3 is 2.35 bits per heavy atom. The van der Waals surface area contributed by atoms with Crippen molar-refractivity contribution in [3.8, 4) is 0 Å². The molecule has 0 amide bonds. The number of anilines is 1. The molecule has 20 heavy (non-hydrogen) atoms. The Bertz CT molecular complexity index is 637. The zero-order valence-electron chi connectivity index (χ0n) is 11.3. The summed E-state index contributed by atoms with van der Waals surface area (Å²) in [5.41, 5.74) is 2.32. The third-order valence-electron chi connectivity index (χ3n) is 2.73. The topological polar surface area (TPSA) is 65.3 Å². The molecule has 5 nitrogen and oxygen atoms in total. The predicted molar refractivity (Wildman–Crippen MR) is 78.3 cm³/mol. The second kappa shape index (κ2) is 5.97. The predicted octanol–water partition coefficient (Wildman–Crippen LogP) is 3.87. The van der Waals surface area contributed by atoms with Crippen molar-refractivity contribution in [3.63, 3.8) is 0 Å². The van der Waals surface area contributed by atoms with Crippen LogP contribution in [0.3, 0.4) is 0 Å². The molecule has 2 aromatic rings. The molecule has 0 spiro atoms. The molecule has 5 heteroatoms. The normalized spacial score (nSPS) is 10.7. The van der Waals surface area contributed by atoms with Crippen LogP contribution in [-0.2, 0) is 0 Å². The monoisotopic (exact) mass is 269 g/mol. The zero-order valence-corrected chi connectivity index (χ0v) is 11.3. The Labute approximate surface area is 117 Å². The van der Waals surface area contributed by atoms with Crippen LogP contribution in [-0.4, -0.2) is 25.2 Å². The van der Waals surface area contributed by atoms with E-state index >= 15 is 0 Å². The highest BCUT2D eigenvalue weighted by Gasteiger charge is 2.09. The first-order valence-corrected chi connectivity index (χ1v) is 6.09. The number of hydrogen-bond donors (Lipinski definition) is 1. The van der Waals surface area contributed by atoms with Gasteiger partial charge in [0, 0.05) is 14.1 Å². The summed E-state index contributed by atoms with van der Waals surface area (Å²) in [6, 6.07) is 14.1. The summed E-state index contributed by atoms with van der Waals surface area (Å²) in [4.78, 5) is 12.8. The molecule has 0 saturated carbocycles. The minimum absolute atomic E-state index is 0.229. The van der Waals surface area contributed by atoms with Crippen molar-refractivity contribution in [1.29, 1.82) is 0 Å². The van der Waals surface area contributed by atoms with Crippen LogP contribution in [0.4, 0.5) is 17.1 Å². The first-order chi connectivity index (χ1) is 9.58. The van der Waals surface area contributed by atoms with Gasteiger partial charge < -0.3 is 10.0 Å². The van der Waals surface area contributed by atoms with Crippen molar-refractivity contribution in [1.82, 2.24) is 0 Å². The zero-order chi connectivity index (χ0) is 14.5. The molecule has 0 aliphatic heterocycles. The number of rotatable bonds is 4. The van der Waals surface area contributed by atoms with Crippen molar-refractivity contribution in [2.24, 2.45) is 10.2 Å². The number of aromatic carboxylic acids is 1. The summed E-state index contributed by atoms with van der Waals surface area (Å²) in [5.74, 6) is -0.959. The minimum Gasteiger partial charge on any atom is -0.478 e. The molecule has 0 saturated heterocycles. The molecule has 0 aliphatic carbocycles. The molecule has 0 heterocycles. The SMILES string of the molecule is CN(C)c1cc(C(=O)O)ccc1N=Nc1ccccc1. The van der Waals surface area contributed by atoms with E-state index in [2.05, 4.69) is 10.2 Å². The van der Waals surface area contributed by atoms with E-state index in [1.807, 2.05) is 49.3 Å². The lowest BCUT2D eigenvalue weighted by Gasteiger charge is -2.15. The lowest BCUT2D eigenvalue weighted by atomic mass is 10.1. The van der Waals surface area contributed by atoms with Crippen LogP contribution in [0, 0.1) is 0 Å². The lowest BCUT2D eigenvalue weighted by Crippen LogP contribution is -2.10. The molecule has 0 fully saturated rings. The van der Waals surface area contributed by atoms with Gasteiger partial charge in [0.2, 0.25) is 0 Å². The second-order valence-corrected chi connectivity index (χ2v) is 4.44. The van der Waals surface area contributed by atoms with Crippen LogP contribution in [0.1, 0.15) is 10.4 Å². The van der Waals surface area contributed by atoms with E-state index in [0.717, 1.165) is 5.69 Å². The van der Waals surface area contributed by atoms with Gasteiger partial charge in [0.25, 0.3) is 0 Å². The standard InChI is InChI=1S/C15H15N3O2/c1-18(2)14-10-11(15(19)20)8-9-13(14)17-16-12-6-4-3-5-7-12/h3-10H,1-2H3,(H,19,20). The number of benzene rings is 2. The molecule has 0 unspecified atom stereocenters. The number of hydrogen-bond acceptors (Lipinski definition) is 4. The van der Waals surface area contributed by atoms with Crippen LogP contribution in [0.25, 0.3) is 0 Å². The van der Waals surface area contributed by atoms with Crippen LogP contribution in [0.15, 0.2) is 58.8 Å². The van der Waals surface area contributed by atoms with E-state index in [1.165, 1.54) is 6.07 Å². The van der Waals surface area contributed by atoms with Gasteiger partial charge in [-0.2, -0.15) is 5.11 Å². The average molecular weight is 269 g/mol. The van der Waals surface area contributed by atoms with Gasteiger partial charge >= 0.3 is 5.97 Å². The van der Waals surface area contributed by atoms with E-state index < -0.39 is 5.97 Å². The molecule has 0 aliphatic rings. The maximum Gasteiger partial charge on any atom is 0.335 e. The van der Waals surface area contributed by atoms with Crippen LogP contribution in [0.5, 0.6) is 0 Å². The quantitative estimate of drug-likeness (QED) is 0.857. The van der Waals surface area contributed by atoms with Gasteiger partial charge in [0.1, 0.15) is 5.69 Å². The molecule has 0 bridgehead atoms. The van der Waals surface area contributed by atoms with Crippen LogP contribution in [0.2, 0.25) is 0 Å². The van der Waals surface area contributed by atoms with Crippen molar-refractivity contribution in [2.45, 2.75) is 0 Å². The molecule has 0 atom stereocenters. The second-order valence-electron chi connectivity index (χ2n) is 4.44. The number of carbonyl (C=O) groups is 1. The number of nitrogens with zero attached hydrogens (tertiary/aromatic N) is 3. The molecular weight excluding hydrogens is 254 g/mol. The van der Waals surface area contributed by atoms with Gasteiger partial charge in [-0.15, -0.1) is 5.11 Å². The first-order valence-electron chi connectivity index (χ1n) is 6.09. The molecule has 0 aromatic heterocycles. The highest BCUT2D eigenvalue weighted by atomic mass is 16.4. The van der Waals surface area contributed by atoms with Gasteiger partial charge in [-0.3, -0.25) is 0 Å². The van der Waals surface area contributed by atoms with Crippen molar-refractivity contribution in [2.75, 3.05) is 19.0 Å². The Balaban J connectivity index is 2.36. The van der Waals surface area contributed by atoms with Gasteiger partial charge in [-0.05, 0) is 30.3 Å². The van der Waals surface area contributed by atoms with E-state index in [0.29, 0.717) is 11.4 Å². The average Bonchev–Trinajstić information content (AvgIpc) is 2.45. The summed E-state index contributed by atoms with van der Waals surface area (Å²) in [6.07, 6.45) is 0. The van der Waals surface area contributed by atoms with E-state index in [4.69, 9.17) is 5.11 Å². The van der Waals surface area contributed by atoms with E-state index in [1.54, 1.807) is 12.1 Å². The Kier molecular flexibility index (Phi) is 4.10. The lowest BCUT2D eigenvalue weighted by molar-refractivity contribution is 0.0697. The molecule has 102 valence electrons. The fraction of sp³-hybridized carbons (Fsp3) is 0.133. The molecule has 2 aromatic carbocycles. The highest BCUT2D eigenvalue weighted by molar-refractivity contribution is 5.90. The fourth-order valence-electron chi connectivity index (χ4n) is 1.71. The summed E-state index contributed by atoms with van der Waals surface area (Å²) in [7, 11) is 3.67.